The van der Waals surface area contributed by atoms with Crippen molar-refractivity contribution in [3.8, 4) is 5.75 Å². The Kier molecular flexibility index (Phi) is 2.76. The predicted octanol–water partition coefficient (Wildman–Crippen LogP) is 3.82. The Morgan fingerprint density at radius 2 is 1.84 bits per heavy atom. The zero-order valence-corrected chi connectivity index (χ0v) is 9.97. The molecule has 0 atom stereocenters. The summed E-state index contributed by atoms with van der Waals surface area (Å²) in [6.07, 6.45) is 0. The third kappa shape index (κ3) is 2.33. The number of phenolic OH excluding ortho intramolecular Hbond substituents is 1. The third-order valence-electron chi connectivity index (χ3n) is 2.81. The Morgan fingerprint density at radius 3 is 2.68 bits per heavy atom. The van der Waals surface area contributed by atoms with E-state index in [1.165, 1.54) is 12.1 Å². The Hall–Kier alpha value is -2.62. The van der Waals surface area contributed by atoms with E-state index in [-0.39, 0.29) is 11.6 Å². The van der Waals surface area contributed by atoms with Gasteiger partial charge in [-0.3, -0.25) is 0 Å². The molecular formula is C15H11FN2O. The SMILES string of the molecule is Oc1cccc2nc(Nc3cccc(F)c3)ccc12. The number of pyridine rings is 1. The molecule has 2 N–H and O–H groups in total. The molecule has 0 radical (unpaired) electrons. The van der Waals surface area contributed by atoms with Crippen molar-refractivity contribution in [2.45, 2.75) is 0 Å². The van der Waals surface area contributed by atoms with Crippen LogP contribution < -0.4 is 5.32 Å². The second kappa shape index (κ2) is 4.57. The average Bonchev–Trinajstić information content (AvgIpc) is 2.39. The highest BCUT2D eigenvalue weighted by atomic mass is 19.1. The van der Waals surface area contributed by atoms with E-state index in [0.717, 1.165) is 0 Å². The number of halogens is 1. The zero-order valence-electron chi connectivity index (χ0n) is 9.97. The predicted molar refractivity (Wildman–Crippen MR) is 73.1 cm³/mol. The highest BCUT2D eigenvalue weighted by Gasteiger charge is 2.02. The molecular weight excluding hydrogens is 243 g/mol. The standard InChI is InChI=1S/C15H11FN2O/c16-10-3-1-4-11(9-10)17-15-8-7-12-13(18-15)5-2-6-14(12)19/h1-9,19H,(H,17,18). The number of aromatic nitrogens is 1. The Labute approximate surface area is 109 Å². The molecule has 0 unspecified atom stereocenters. The van der Waals surface area contributed by atoms with Gasteiger partial charge in [0.15, 0.2) is 0 Å². The molecule has 0 aliphatic heterocycles. The van der Waals surface area contributed by atoms with Crippen molar-refractivity contribution in [2.24, 2.45) is 0 Å². The van der Waals surface area contributed by atoms with Gasteiger partial charge in [-0.1, -0.05) is 12.1 Å². The molecule has 0 bridgehead atoms. The van der Waals surface area contributed by atoms with Gasteiger partial charge < -0.3 is 10.4 Å². The fraction of sp³-hybridized carbons (Fsp3) is 0. The van der Waals surface area contributed by atoms with E-state index in [1.807, 2.05) is 6.07 Å². The maximum atomic E-state index is 13.1. The van der Waals surface area contributed by atoms with E-state index in [9.17, 15) is 9.50 Å². The molecule has 3 nitrogen and oxygen atoms in total. The van der Waals surface area contributed by atoms with Crippen LogP contribution in [-0.2, 0) is 0 Å². The lowest BCUT2D eigenvalue weighted by Gasteiger charge is -2.07. The van der Waals surface area contributed by atoms with Crippen LogP contribution in [0, 0.1) is 5.82 Å². The summed E-state index contributed by atoms with van der Waals surface area (Å²) >= 11 is 0. The second-order valence-corrected chi connectivity index (χ2v) is 4.18. The summed E-state index contributed by atoms with van der Waals surface area (Å²) in [5.74, 6) is 0.495. The number of benzene rings is 2. The van der Waals surface area contributed by atoms with Crippen molar-refractivity contribution in [3.05, 3.63) is 60.4 Å². The number of aromatic hydroxyl groups is 1. The zero-order chi connectivity index (χ0) is 13.2. The van der Waals surface area contributed by atoms with Crippen molar-refractivity contribution in [1.29, 1.82) is 0 Å². The Balaban J connectivity index is 1.98. The van der Waals surface area contributed by atoms with Crippen LogP contribution in [0.1, 0.15) is 0 Å². The second-order valence-electron chi connectivity index (χ2n) is 4.18. The minimum Gasteiger partial charge on any atom is -0.507 e. The highest BCUT2D eigenvalue weighted by Crippen LogP contribution is 2.25. The van der Waals surface area contributed by atoms with Crippen molar-refractivity contribution in [3.63, 3.8) is 0 Å². The van der Waals surface area contributed by atoms with Crippen LogP contribution in [-0.4, -0.2) is 10.1 Å². The van der Waals surface area contributed by atoms with E-state index < -0.39 is 0 Å². The van der Waals surface area contributed by atoms with Crippen LogP contribution in [0.25, 0.3) is 10.9 Å². The fourth-order valence-electron chi connectivity index (χ4n) is 1.92. The quantitative estimate of drug-likeness (QED) is 0.730. The van der Waals surface area contributed by atoms with Gasteiger partial charge in [0.1, 0.15) is 17.4 Å². The van der Waals surface area contributed by atoms with Gasteiger partial charge in [0.2, 0.25) is 0 Å². The molecule has 2 aromatic carbocycles. The first-order valence-electron chi connectivity index (χ1n) is 5.84. The molecule has 4 heteroatoms. The van der Waals surface area contributed by atoms with Crippen LogP contribution in [0.3, 0.4) is 0 Å². The van der Waals surface area contributed by atoms with Gasteiger partial charge in [0, 0.05) is 11.1 Å². The lowest BCUT2D eigenvalue weighted by Crippen LogP contribution is -1.94. The van der Waals surface area contributed by atoms with Crippen molar-refractivity contribution in [2.75, 3.05) is 5.32 Å². The van der Waals surface area contributed by atoms with Gasteiger partial charge in [0.05, 0.1) is 5.52 Å². The lowest BCUT2D eigenvalue weighted by molar-refractivity contribution is 0.481. The minimum atomic E-state index is -0.302. The summed E-state index contributed by atoms with van der Waals surface area (Å²) in [4.78, 5) is 4.37. The normalized spacial score (nSPS) is 10.6. The molecule has 0 fully saturated rings. The molecule has 0 aliphatic carbocycles. The van der Waals surface area contributed by atoms with Crippen LogP contribution >= 0.6 is 0 Å². The number of hydrogen-bond acceptors (Lipinski definition) is 3. The Bertz CT molecular complexity index is 743. The number of phenols is 1. The van der Waals surface area contributed by atoms with Gasteiger partial charge in [-0.15, -0.1) is 0 Å². The maximum Gasteiger partial charge on any atom is 0.131 e. The molecule has 0 amide bonds. The van der Waals surface area contributed by atoms with E-state index in [2.05, 4.69) is 10.3 Å². The molecule has 1 aromatic heterocycles. The molecule has 0 spiro atoms. The number of anilines is 2. The molecule has 0 aliphatic rings. The van der Waals surface area contributed by atoms with Gasteiger partial charge in [-0.05, 0) is 42.5 Å². The van der Waals surface area contributed by atoms with Gasteiger partial charge >= 0.3 is 0 Å². The molecule has 3 aromatic rings. The minimum absolute atomic E-state index is 0.197. The van der Waals surface area contributed by atoms with E-state index in [1.54, 1.807) is 36.4 Å². The first-order valence-corrected chi connectivity index (χ1v) is 5.84. The maximum absolute atomic E-state index is 13.1. The summed E-state index contributed by atoms with van der Waals surface area (Å²) in [7, 11) is 0. The van der Waals surface area contributed by atoms with Crippen LogP contribution in [0.4, 0.5) is 15.9 Å². The number of hydrogen-bond donors (Lipinski definition) is 2. The van der Waals surface area contributed by atoms with Gasteiger partial charge in [0.25, 0.3) is 0 Å². The van der Waals surface area contributed by atoms with E-state index in [0.29, 0.717) is 22.4 Å². The molecule has 0 saturated heterocycles. The monoisotopic (exact) mass is 254 g/mol. The van der Waals surface area contributed by atoms with Gasteiger partial charge in [-0.2, -0.15) is 0 Å². The van der Waals surface area contributed by atoms with Crippen LogP contribution in [0.15, 0.2) is 54.6 Å². The highest BCUT2D eigenvalue weighted by molar-refractivity contribution is 5.86. The topological polar surface area (TPSA) is 45.2 Å². The summed E-state index contributed by atoms with van der Waals surface area (Å²) in [5, 5.41) is 13.4. The third-order valence-corrected chi connectivity index (χ3v) is 2.81. The van der Waals surface area contributed by atoms with Crippen LogP contribution in [0.2, 0.25) is 0 Å². The largest absolute Gasteiger partial charge is 0.507 e. The summed E-state index contributed by atoms with van der Waals surface area (Å²) in [6.45, 7) is 0. The summed E-state index contributed by atoms with van der Waals surface area (Å²) in [6, 6.07) is 14.9. The molecule has 3 rings (SSSR count). The molecule has 0 saturated carbocycles. The first kappa shape index (κ1) is 11.5. The van der Waals surface area contributed by atoms with Crippen LogP contribution in [0.5, 0.6) is 5.75 Å². The van der Waals surface area contributed by atoms with E-state index >= 15 is 0 Å². The summed E-state index contributed by atoms with van der Waals surface area (Å²) < 4.78 is 13.1. The van der Waals surface area contributed by atoms with Crippen molar-refractivity contribution < 1.29 is 9.50 Å². The van der Waals surface area contributed by atoms with Gasteiger partial charge in [-0.25, -0.2) is 9.37 Å². The van der Waals surface area contributed by atoms with E-state index in [4.69, 9.17) is 0 Å². The number of fused-ring (bicyclic) bond motifs is 1. The number of rotatable bonds is 2. The molecule has 94 valence electrons. The fourth-order valence-corrected chi connectivity index (χ4v) is 1.92. The number of nitrogens with one attached hydrogen (secondary N) is 1. The Morgan fingerprint density at radius 1 is 1.00 bits per heavy atom. The smallest absolute Gasteiger partial charge is 0.131 e. The number of nitrogens with zero attached hydrogens (tertiary/aromatic N) is 1. The molecule has 19 heavy (non-hydrogen) atoms. The van der Waals surface area contributed by atoms with Crippen molar-refractivity contribution in [1.82, 2.24) is 4.98 Å². The van der Waals surface area contributed by atoms with Crippen molar-refractivity contribution >= 4 is 22.4 Å². The lowest BCUT2D eigenvalue weighted by atomic mass is 10.2. The first-order chi connectivity index (χ1) is 9.22. The average molecular weight is 254 g/mol. The molecule has 1 heterocycles. The summed E-state index contributed by atoms with van der Waals surface area (Å²) in [5.41, 5.74) is 1.31.